The molecule has 0 fully saturated rings. The van der Waals surface area contributed by atoms with E-state index in [4.69, 9.17) is 0 Å². The minimum absolute atomic E-state index is 2.18. The molecule has 0 aliphatic carbocycles. The van der Waals surface area contributed by atoms with Crippen molar-refractivity contribution < 1.29 is 13.6 Å². The van der Waals surface area contributed by atoms with Gasteiger partial charge in [-0.1, -0.05) is 0 Å². The van der Waals surface area contributed by atoms with Gasteiger partial charge in [0.2, 0.25) is 0 Å². The van der Waals surface area contributed by atoms with Crippen LogP contribution in [-0.4, -0.2) is 0 Å². The molecule has 0 rings (SSSR count). The van der Waals surface area contributed by atoms with E-state index in [0.717, 1.165) is 0 Å². The second-order valence-corrected chi connectivity index (χ2v) is 36.2. The third-order valence-electron chi connectivity index (χ3n) is 0. The Balaban J connectivity index is 4.43. The average molecular weight is 186 g/mol. The van der Waals surface area contributed by atoms with Gasteiger partial charge in [-0.25, -0.2) is 0 Å². The molecular weight excluding hydrogens is 168 g/mol. The van der Waals surface area contributed by atoms with Crippen LogP contribution in [0.3, 0.4) is 0 Å². The van der Waals surface area contributed by atoms with Crippen LogP contribution in [0, 0.1) is 0 Å². The Kier molecular flexibility index (Phi) is 0.966. The van der Waals surface area contributed by atoms with Crippen LogP contribution in [0.25, 0.3) is 0 Å². The molecule has 0 N–H and O–H groups in total. The molecule has 0 amide bonds. The van der Waals surface area contributed by atoms with Gasteiger partial charge in [0.05, 0.1) is 0 Å². The topological polar surface area (TPSA) is 0 Å². The molecule has 7 heavy (non-hydrogen) atoms. The van der Waals surface area contributed by atoms with Crippen LogP contribution < -0.4 is 0 Å². The van der Waals surface area contributed by atoms with Gasteiger partial charge in [0.25, 0.3) is 0 Å². The molecule has 0 radical (unpaired) electrons. The molecule has 0 aromatic rings. The maximum absolute atomic E-state index is 2.42. The van der Waals surface area contributed by atoms with Crippen LogP contribution in [0.2, 0.25) is 31.9 Å². The molecule has 0 atom stereocenters. The molecule has 0 heterocycles. The third-order valence-corrected chi connectivity index (χ3v) is 0. The van der Waals surface area contributed by atoms with Gasteiger partial charge in [0.1, 0.15) is 0 Å². The number of rotatable bonds is 0. The monoisotopic (exact) mass is 188 g/mol. The normalized spacial score (nSPS) is 23.1. The van der Waals surface area contributed by atoms with Crippen LogP contribution >= 0.6 is 0 Å². The molecular formula is C6H18Mo. The Hall–Kier alpha value is 0.688. The summed E-state index contributed by atoms with van der Waals surface area (Å²) in [5, 5.41) is 14.5. The Bertz CT molecular complexity index is 62.7. The second-order valence-electron chi connectivity index (χ2n) is 6.12. The van der Waals surface area contributed by atoms with Crippen molar-refractivity contribution in [2.45, 2.75) is 31.9 Å². The summed E-state index contributed by atoms with van der Waals surface area (Å²) in [7, 11) is 0. The zero-order chi connectivity index (χ0) is 6.41. The molecule has 48 valence electrons. The first kappa shape index (κ1) is 7.69. The average Bonchev–Trinajstić information content (AvgIpc) is 0.592. The van der Waals surface area contributed by atoms with Gasteiger partial charge in [-0.3, -0.25) is 0 Å². The summed E-state index contributed by atoms with van der Waals surface area (Å²) in [4.78, 5) is 0. The molecule has 0 aromatic carbocycles. The Morgan fingerprint density at radius 2 is 0.571 bits per heavy atom. The summed E-state index contributed by atoms with van der Waals surface area (Å²) >= 11 is -2.18. The quantitative estimate of drug-likeness (QED) is 0.508. The van der Waals surface area contributed by atoms with Crippen LogP contribution in [0.15, 0.2) is 0 Å². The van der Waals surface area contributed by atoms with Gasteiger partial charge in [0, 0.05) is 0 Å². The first-order valence-corrected chi connectivity index (χ1v) is 14.5. The summed E-state index contributed by atoms with van der Waals surface area (Å²) in [6, 6.07) is 0. The van der Waals surface area contributed by atoms with Crippen molar-refractivity contribution in [2.75, 3.05) is 0 Å². The predicted octanol–water partition coefficient (Wildman–Crippen LogP) is 3.50. The molecule has 1 heteroatoms. The third kappa shape index (κ3) is 310. The minimum atomic E-state index is -2.18. The molecule has 0 bridgehead atoms. The van der Waals surface area contributed by atoms with Gasteiger partial charge in [-0.15, -0.1) is 0 Å². The van der Waals surface area contributed by atoms with Gasteiger partial charge < -0.3 is 0 Å². The van der Waals surface area contributed by atoms with Crippen LogP contribution in [-0.2, 0) is 13.6 Å². The molecule has 0 spiro atoms. The van der Waals surface area contributed by atoms with Gasteiger partial charge in [-0.2, -0.15) is 0 Å². The first-order valence-electron chi connectivity index (χ1n) is 2.45. The van der Waals surface area contributed by atoms with E-state index in [1.54, 1.807) is 0 Å². The van der Waals surface area contributed by atoms with E-state index in [1.807, 2.05) is 0 Å². The summed E-state index contributed by atoms with van der Waals surface area (Å²) < 4.78 is 0. The van der Waals surface area contributed by atoms with Crippen molar-refractivity contribution in [1.29, 1.82) is 0 Å². The van der Waals surface area contributed by atoms with E-state index in [2.05, 4.69) is 31.9 Å². The maximum atomic E-state index is 2.42. The summed E-state index contributed by atoms with van der Waals surface area (Å²) in [6.07, 6.45) is 0. The van der Waals surface area contributed by atoms with Crippen LogP contribution in [0.4, 0.5) is 0 Å². The van der Waals surface area contributed by atoms with E-state index in [1.165, 1.54) is 0 Å². The number of hydrogen-bond acceptors (Lipinski definition) is 0. The Morgan fingerprint density at radius 3 is 0.571 bits per heavy atom. The van der Waals surface area contributed by atoms with Gasteiger partial charge >= 0.3 is 45.4 Å². The fourth-order valence-corrected chi connectivity index (χ4v) is 0. The van der Waals surface area contributed by atoms with Crippen LogP contribution in [0.1, 0.15) is 0 Å². The van der Waals surface area contributed by atoms with Crippen LogP contribution in [0.5, 0.6) is 0 Å². The fraction of sp³-hybridized carbons (Fsp3) is 1.00. The van der Waals surface area contributed by atoms with E-state index in [0.29, 0.717) is 0 Å². The summed E-state index contributed by atoms with van der Waals surface area (Å²) in [5.41, 5.74) is 0. The van der Waals surface area contributed by atoms with Gasteiger partial charge in [0.15, 0.2) is 0 Å². The van der Waals surface area contributed by atoms with E-state index >= 15 is 0 Å². The number of hydrogen-bond donors (Lipinski definition) is 0. The van der Waals surface area contributed by atoms with Gasteiger partial charge in [-0.05, 0) is 0 Å². The zero-order valence-electron chi connectivity index (χ0n) is 6.41. The standard InChI is InChI=1S/6CH3.Mo/h6*1H3;. The Labute approximate surface area is 45.8 Å². The van der Waals surface area contributed by atoms with Crippen molar-refractivity contribution in [1.82, 2.24) is 0 Å². The Morgan fingerprint density at radius 1 is 0.571 bits per heavy atom. The molecule has 0 aliphatic heterocycles. The van der Waals surface area contributed by atoms with E-state index in [9.17, 15) is 0 Å². The van der Waals surface area contributed by atoms with Crippen molar-refractivity contribution in [2.24, 2.45) is 0 Å². The molecule has 0 saturated heterocycles. The van der Waals surface area contributed by atoms with E-state index < -0.39 is 13.6 Å². The second kappa shape index (κ2) is 0.879. The van der Waals surface area contributed by atoms with Crippen molar-refractivity contribution in [3.63, 3.8) is 0 Å². The zero-order valence-corrected chi connectivity index (χ0v) is 8.42. The van der Waals surface area contributed by atoms with E-state index in [-0.39, 0.29) is 0 Å². The fourth-order valence-electron chi connectivity index (χ4n) is 0. The molecule has 0 aromatic heterocycles. The molecule has 0 aliphatic rings. The predicted molar refractivity (Wildman–Crippen MR) is 35.2 cm³/mol. The first-order chi connectivity index (χ1) is 2.45. The molecule has 0 nitrogen and oxygen atoms in total. The summed E-state index contributed by atoms with van der Waals surface area (Å²) in [6.45, 7) is 0. The van der Waals surface area contributed by atoms with Crippen molar-refractivity contribution in [3.8, 4) is 0 Å². The van der Waals surface area contributed by atoms with Crippen molar-refractivity contribution >= 4 is 0 Å². The van der Waals surface area contributed by atoms with Crippen molar-refractivity contribution in [3.05, 3.63) is 0 Å². The molecule has 0 saturated carbocycles. The summed E-state index contributed by atoms with van der Waals surface area (Å²) in [5.74, 6) is 0. The SMILES string of the molecule is [CH3][Mo]([CH3])([CH3])([CH3])([CH3])[CH3]. The molecule has 0 unspecified atom stereocenters.